The number of aromatic nitrogens is 4. The van der Waals surface area contributed by atoms with Gasteiger partial charge in [0.05, 0.1) is 11.6 Å². The van der Waals surface area contributed by atoms with Crippen LogP contribution >= 0.6 is 0 Å². The van der Waals surface area contributed by atoms with Crippen LogP contribution in [0.3, 0.4) is 0 Å². The summed E-state index contributed by atoms with van der Waals surface area (Å²) in [6.07, 6.45) is 12.3. The number of nitrogens with one attached hydrogen (secondary N) is 1. The van der Waals surface area contributed by atoms with Crippen LogP contribution in [0.5, 0.6) is 0 Å². The first kappa shape index (κ1) is 21.0. The van der Waals surface area contributed by atoms with E-state index in [0.717, 1.165) is 49.9 Å². The fraction of sp³-hybridized carbons (Fsp3) is 0.636. The van der Waals surface area contributed by atoms with Gasteiger partial charge >= 0.3 is 0 Å². The molecule has 0 bridgehead atoms. The van der Waals surface area contributed by atoms with E-state index in [0.29, 0.717) is 31.9 Å². The van der Waals surface area contributed by atoms with Gasteiger partial charge in [-0.1, -0.05) is 12.8 Å². The van der Waals surface area contributed by atoms with Gasteiger partial charge < -0.3 is 5.32 Å². The summed E-state index contributed by atoms with van der Waals surface area (Å²) in [5, 5.41) is 7.39. The third-order valence-corrected chi connectivity index (χ3v) is 9.54. The standard InChI is InChI=1S/C22H29N7O3S/c1-27-14-17(12-24-27)33(31,32)28-10-6-15(7-11-28)25-21-23-13-18-19(26-21)29(16-4-2-3-5-16)20(30)22(18)8-9-22/h12-16H,2-11H2,1H3,(H,23,25,26). The van der Waals surface area contributed by atoms with Crippen LogP contribution in [0.1, 0.15) is 56.9 Å². The average Bonchev–Trinajstić information content (AvgIpc) is 3.10. The van der Waals surface area contributed by atoms with Crippen molar-refractivity contribution < 1.29 is 13.2 Å². The molecular formula is C22H29N7O3S. The summed E-state index contributed by atoms with van der Waals surface area (Å²) in [5.74, 6) is 1.53. The molecule has 1 saturated heterocycles. The molecule has 4 aliphatic rings. The Morgan fingerprint density at radius 2 is 1.82 bits per heavy atom. The zero-order valence-corrected chi connectivity index (χ0v) is 19.6. The van der Waals surface area contributed by atoms with Crippen molar-refractivity contribution in [3.63, 3.8) is 0 Å². The van der Waals surface area contributed by atoms with E-state index in [9.17, 15) is 13.2 Å². The van der Waals surface area contributed by atoms with E-state index in [1.165, 1.54) is 21.4 Å². The van der Waals surface area contributed by atoms with E-state index in [4.69, 9.17) is 4.98 Å². The highest BCUT2D eigenvalue weighted by molar-refractivity contribution is 7.89. The van der Waals surface area contributed by atoms with Gasteiger partial charge in [0.1, 0.15) is 10.7 Å². The van der Waals surface area contributed by atoms with Crippen LogP contribution in [0.2, 0.25) is 0 Å². The Labute approximate surface area is 193 Å². The minimum Gasteiger partial charge on any atom is -0.351 e. The second kappa shape index (κ2) is 7.49. The van der Waals surface area contributed by atoms with Crippen LogP contribution in [0, 0.1) is 0 Å². The van der Waals surface area contributed by atoms with Crippen LogP contribution < -0.4 is 10.2 Å². The predicted molar refractivity (Wildman–Crippen MR) is 121 cm³/mol. The summed E-state index contributed by atoms with van der Waals surface area (Å²) in [6, 6.07) is 0.329. The Balaban J connectivity index is 1.16. The highest BCUT2D eigenvalue weighted by atomic mass is 32.2. The molecule has 2 aromatic heterocycles. The molecule has 1 spiro atoms. The molecule has 0 atom stereocenters. The van der Waals surface area contributed by atoms with Gasteiger partial charge in [0.25, 0.3) is 0 Å². The smallest absolute Gasteiger partial charge is 0.246 e. The van der Waals surface area contributed by atoms with Crippen molar-refractivity contribution in [3.8, 4) is 0 Å². The molecule has 0 radical (unpaired) electrons. The number of hydrogen-bond acceptors (Lipinski definition) is 7. The average molecular weight is 472 g/mol. The van der Waals surface area contributed by atoms with E-state index < -0.39 is 10.0 Å². The molecule has 2 aliphatic heterocycles. The monoisotopic (exact) mass is 471 g/mol. The third kappa shape index (κ3) is 3.35. The number of carbonyl (C=O) groups excluding carboxylic acids is 1. The zero-order valence-electron chi connectivity index (χ0n) is 18.8. The Morgan fingerprint density at radius 3 is 2.45 bits per heavy atom. The first-order chi connectivity index (χ1) is 15.9. The van der Waals surface area contributed by atoms with Crippen molar-refractivity contribution in [1.29, 1.82) is 0 Å². The fourth-order valence-corrected chi connectivity index (χ4v) is 7.07. The van der Waals surface area contributed by atoms with Crippen molar-refractivity contribution in [2.75, 3.05) is 23.3 Å². The van der Waals surface area contributed by atoms with Gasteiger partial charge in [-0.15, -0.1) is 0 Å². The first-order valence-electron chi connectivity index (χ1n) is 11.8. The van der Waals surface area contributed by atoms with E-state index in [1.54, 1.807) is 7.05 Å². The normalized spacial score (nSPS) is 23.4. The highest BCUT2D eigenvalue weighted by Crippen LogP contribution is 2.57. The highest BCUT2D eigenvalue weighted by Gasteiger charge is 2.61. The summed E-state index contributed by atoms with van der Waals surface area (Å²) < 4.78 is 28.7. The van der Waals surface area contributed by atoms with Crippen molar-refractivity contribution in [3.05, 3.63) is 24.2 Å². The summed E-state index contributed by atoms with van der Waals surface area (Å²) in [7, 11) is -1.82. The van der Waals surface area contributed by atoms with E-state index in [1.807, 2.05) is 11.1 Å². The molecule has 1 N–H and O–H groups in total. The fourth-order valence-electron chi connectivity index (χ4n) is 5.62. The molecule has 176 valence electrons. The maximum Gasteiger partial charge on any atom is 0.246 e. The molecule has 6 rings (SSSR count). The largest absolute Gasteiger partial charge is 0.351 e. The molecule has 11 heteroatoms. The lowest BCUT2D eigenvalue weighted by Gasteiger charge is -2.31. The molecule has 2 aliphatic carbocycles. The van der Waals surface area contributed by atoms with E-state index in [2.05, 4.69) is 15.4 Å². The van der Waals surface area contributed by atoms with Gasteiger partial charge in [-0.3, -0.25) is 14.4 Å². The summed E-state index contributed by atoms with van der Waals surface area (Å²) in [6.45, 7) is 0.852. The molecular weight excluding hydrogens is 442 g/mol. The van der Waals surface area contributed by atoms with Crippen LogP contribution in [0.15, 0.2) is 23.5 Å². The second-order valence-electron chi connectivity index (χ2n) is 9.80. The molecule has 10 nitrogen and oxygen atoms in total. The topological polar surface area (TPSA) is 113 Å². The van der Waals surface area contributed by atoms with E-state index >= 15 is 0 Å². The quantitative estimate of drug-likeness (QED) is 0.707. The lowest BCUT2D eigenvalue weighted by molar-refractivity contribution is -0.120. The first-order valence-corrected chi connectivity index (χ1v) is 13.3. The number of sulfonamides is 1. The van der Waals surface area contributed by atoms with Gasteiger partial charge in [0.15, 0.2) is 0 Å². The summed E-state index contributed by atoms with van der Waals surface area (Å²) >= 11 is 0. The van der Waals surface area contributed by atoms with Crippen LogP contribution in [0.25, 0.3) is 0 Å². The number of hydrogen-bond donors (Lipinski definition) is 1. The van der Waals surface area contributed by atoms with Gasteiger partial charge in [-0.05, 0) is 38.5 Å². The molecule has 3 fully saturated rings. The minimum atomic E-state index is -3.53. The van der Waals surface area contributed by atoms with Gasteiger partial charge in [0.2, 0.25) is 21.9 Å². The minimum absolute atomic E-state index is 0.0790. The lowest BCUT2D eigenvalue weighted by atomic mass is 10.0. The number of aryl methyl sites for hydroxylation is 1. The van der Waals surface area contributed by atoms with Crippen molar-refractivity contribution >= 4 is 27.7 Å². The Bertz CT molecular complexity index is 1190. The SMILES string of the molecule is Cn1cc(S(=O)(=O)N2CCC(Nc3ncc4c(n3)N(C3CCCC3)C(=O)C43CC3)CC2)cn1. The molecule has 2 aromatic rings. The number of carbonyl (C=O) groups is 1. The Kier molecular flexibility index (Phi) is 4.77. The maximum atomic E-state index is 13.3. The molecule has 33 heavy (non-hydrogen) atoms. The lowest BCUT2D eigenvalue weighted by Crippen LogP contribution is -2.42. The van der Waals surface area contributed by atoms with Crippen molar-refractivity contribution in [2.24, 2.45) is 7.05 Å². The Hall–Kier alpha value is -2.53. The predicted octanol–water partition coefficient (Wildman–Crippen LogP) is 1.80. The van der Waals surface area contributed by atoms with Crippen molar-refractivity contribution in [1.82, 2.24) is 24.1 Å². The number of piperidine rings is 1. The number of nitrogens with zero attached hydrogens (tertiary/aromatic N) is 6. The zero-order chi connectivity index (χ0) is 22.8. The molecule has 1 amide bonds. The van der Waals surface area contributed by atoms with Gasteiger partial charge in [-0.2, -0.15) is 14.4 Å². The van der Waals surface area contributed by atoms with Crippen LogP contribution in [0.4, 0.5) is 11.8 Å². The van der Waals surface area contributed by atoms with Crippen LogP contribution in [-0.4, -0.2) is 63.6 Å². The maximum absolute atomic E-state index is 13.3. The number of amides is 1. The molecule has 0 unspecified atom stereocenters. The van der Waals surface area contributed by atoms with Gasteiger partial charge in [0, 0.05) is 50.2 Å². The van der Waals surface area contributed by atoms with Crippen LogP contribution in [-0.2, 0) is 27.3 Å². The van der Waals surface area contributed by atoms with E-state index in [-0.39, 0.29) is 28.3 Å². The number of rotatable bonds is 5. The molecule has 0 aromatic carbocycles. The second-order valence-corrected chi connectivity index (χ2v) is 11.7. The molecule has 2 saturated carbocycles. The van der Waals surface area contributed by atoms with Crippen molar-refractivity contribution in [2.45, 2.75) is 73.8 Å². The number of anilines is 2. The number of fused-ring (bicyclic) bond motifs is 2. The third-order valence-electron chi connectivity index (χ3n) is 7.69. The molecule has 4 heterocycles. The van der Waals surface area contributed by atoms with Gasteiger partial charge in [-0.25, -0.2) is 13.4 Å². The summed E-state index contributed by atoms with van der Waals surface area (Å²) in [4.78, 5) is 24.8. The summed E-state index contributed by atoms with van der Waals surface area (Å²) in [5.41, 5.74) is 0.616. The Morgan fingerprint density at radius 1 is 1.09 bits per heavy atom.